The number of benzene rings is 1. The predicted molar refractivity (Wildman–Crippen MR) is 133 cm³/mol. The fraction of sp³-hybridized carbons (Fsp3) is 0.192. The summed E-state index contributed by atoms with van der Waals surface area (Å²) in [4.78, 5) is 20.0. The molecule has 0 aliphatic carbocycles. The molecule has 3 heterocycles. The molecule has 0 radical (unpaired) electrons. The van der Waals surface area contributed by atoms with E-state index in [1.165, 1.54) is 24.4 Å². The smallest absolute Gasteiger partial charge is 0.433 e. The molecule has 8 nitrogen and oxygen atoms in total. The number of nitrogens with zero attached hydrogens (tertiary/aromatic N) is 2. The Morgan fingerprint density at radius 1 is 1.10 bits per heavy atom. The summed E-state index contributed by atoms with van der Waals surface area (Å²) in [5, 5.41) is 7.47. The lowest BCUT2D eigenvalue weighted by molar-refractivity contribution is -0.141. The van der Waals surface area contributed by atoms with Crippen LogP contribution in [0.25, 0.3) is 22.2 Å². The van der Waals surface area contributed by atoms with Crippen LogP contribution in [0.15, 0.2) is 70.4 Å². The number of nitrogens with one attached hydrogen (secondary N) is 2. The molecular formula is C26H20F4N4O4S. The number of hydrogen-bond donors (Lipinski definition) is 2. The van der Waals surface area contributed by atoms with Crippen molar-refractivity contribution in [2.75, 3.05) is 6.54 Å². The van der Waals surface area contributed by atoms with Gasteiger partial charge >= 0.3 is 6.18 Å². The topological polar surface area (TPSA) is 114 Å². The van der Waals surface area contributed by atoms with Crippen LogP contribution in [0.3, 0.4) is 0 Å². The molecule has 0 aliphatic heterocycles. The zero-order chi connectivity index (χ0) is 28.2. The molecule has 202 valence electrons. The Morgan fingerprint density at radius 3 is 2.62 bits per heavy atom. The zero-order valence-electron chi connectivity index (χ0n) is 20.2. The fourth-order valence-corrected chi connectivity index (χ4v) is 4.24. The van der Waals surface area contributed by atoms with Crippen LogP contribution in [0.4, 0.5) is 17.6 Å². The molecule has 1 amide bonds. The highest BCUT2D eigenvalue weighted by atomic mass is 32.2. The minimum atomic E-state index is -4.54. The maximum absolute atomic E-state index is 13.3. The van der Waals surface area contributed by atoms with Crippen LogP contribution >= 0.6 is 0 Å². The van der Waals surface area contributed by atoms with Crippen LogP contribution in [0.1, 0.15) is 18.2 Å². The summed E-state index contributed by atoms with van der Waals surface area (Å²) in [6.45, 7) is 1.55. The molecule has 39 heavy (non-hydrogen) atoms. The van der Waals surface area contributed by atoms with Gasteiger partial charge in [0.15, 0.2) is 0 Å². The van der Waals surface area contributed by atoms with E-state index in [-0.39, 0.29) is 24.1 Å². The molecule has 13 heteroatoms. The molecular weight excluding hydrogens is 540 g/mol. The van der Waals surface area contributed by atoms with Crippen LogP contribution < -0.4 is 10.6 Å². The summed E-state index contributed by atoms with van der Waals surface area (Å²) >= 11 is 0. The summed E-state index contributed by atoms with van der Waals surface area (Å²) in [5.74, 6) is 1.50. The molecule has 0 saturated heterocycles. The number of furan rings is 1. The number of pyridine rings is 2. The Labute approximate surface area is 220 Å². The van der Waals surface area contributed by atoms with Crippen molar-refractivity contribution in [3.05, 3.63) is 78.0 Å². The number of rotatable bonds is 7. The third-order valence-electron chi connectivity index (χ3n) is 5.46. The van der Waals surface area contributed by atoms with E-state index in [4.69, 9.17) is 4.42 Å². The highest BCUT2D eigenvalue weighted by Gasteiger charge is 2.32. The molecule has 2 N–H and O–H groups in total. The van der Waals surface area contributed by atoms with Gasteiger partial charge in [0.25, 0.3) is 9.84 Å². The second-order valence-electron chi connectivity index (χ2n) is 8.33. The Balaban J connectivity index is 1.30. The molecule has 0 unspecified atom stereocenters. The van der Waals surface area contributed by atoms with Crippen molar-refractivity contribution in [3.63, 3.8) is 0 Å². The van der Waals surface area contributed by atoms with E-state index in [0.717, 1.165) is 24.4 Å². The Bertz CT molecular complexity index is 1670. The fourth-order valence-electron chi connectivity index (χ4n) is 3.40. The molecule has 0 spiro atoms. The van der Waals surface area contributed by atoms with Crippen LogP contribution in [0.5, 0.6) is 0 Å². The van der Waals surface area contributed by atoms with Crippen LogP contribution in [-0.4, -0.2) is 36.9 Å². The third-order valence-corrected chi connectivity index (χ3v) is 6.60. The third kappa shape index (κ3) is 6.98. The van der Waals surface area contributed by atoms with Crippen molar-refractivity contribution in [3.8, 4) is 22.4 Å². The van der Waals surface area contributed by atoms with E-state index in [0.29, 0.717) is 16.8 Å². The number of fused-ring (bicyclic) bond motifs is 1. The molecule has 4 rings (SSSR count). The average Bonchev–Trinajstić information content (AvgIpc) is 3.34. The molecule has 0 saturated carbocycles. The quantitative estimate of drug-likeness (QED) is 0.199. The lowest BCUT2D eigenvalue weighted by Crippen LogP contribution is -2.42. The van der Waals surface area contributed by atoms with Crippen molar-refractivity contribution in [2.45, 2.75) is 30.8 Å². The lowest BCUT2D eigenvalue weighted by Gasteiger charge is -2.13. The van der Waals surface area contributed by atoms with Gasteiger partial charge in [-0.2, -0.15) is 13.2 Å². The van der Waals surface area contributed by atoms with Gasteiger partial charge in [-0.05, 0) is 55.0 Å². The van der Waals surface area contributed by atoms with Gasteiger partial charge in [-0.15, -0.1) is 0 Å². The van der Waals surface area contributed by atoms with Crippen LogP contribution in [0, 0.1) is 17.0 Å². The van der Waals surface area contributed by atoms with Crippen molar-refractivity contribution >= 4 is 26.7 Å². The summed E-state index contributed by atoms with van der Waals surface area (Å²) in [7, 11) is -4.09. The second-order valence-corrected chi connectivity index (χ2v) is 9.94. The molecule has 3 aromatic heterocycles. The first-order valence-corrected chi connectivity index (χ1v) is 12.8. The molecule has 1 aromatic carbocycles. The van der Waals surface area contributed by atoms with Gasteiger partial charge in [-0.3, -0.25) is 20.1 Å². The predicted octanol–water partition coefficient (Wildman–Crippen LogP) is 4.08. The van der Waals surface area contributed by atoms with Crippen molar-refractivity contribution in [1.82, 2.24) is 20.6 Å². The van der Waals surface area contributed by atoms with Gasteiger partial charge in [-0.25, -0.2) is 12.8 Å². The maximum Gasteiger partial charge on any atom is 0.433 e. The van der Waals surface area contributed by atoms with Crippen LogP contribution in [0.2, 0.25) is 0 Å². The van der Waals surface area contributed by atoms with E-state index < -0.39 is 44.6 Å². The van der Waals surface area contributed by atoms with Crippen LogP contribution in [-0.2, 0) is 27.4 Å². The first kappa shape index (κ1) is 27.7. The van der Waals surface area contributed by atoms with E-state index >= 15 is 0 Å². The van der Waals surface area contributed by atoms with Crippen molar-refractivity contribution in [1.29, 1.82) is 0 Å². The SMILES string of the molecule is C[C@H](NCC#CS(=O)(=O)c1cc2cc(F)ccc2o1)C(=O)NCc1ccnc(-c2ccc(C(F)(F)F)nc2)c1. The van der Waals surface area contributed by atoms with Gasteiger partial charge in [0.1, 0.15) is 17.1 Å². The Hall–Kier alpha value is -4.28. The monoisotopic (exact) mass is 560 g/mol. The summed E-state index contributed by atoms with van der Waals surface area (Å²) in [6, 6.07) is 9.46. The van der Waals surface area contributed by atoms with Crippen molar-refractivity contribution < 1.29 is 35.2 Å². The number of carbonyl (C=O) groups is 1. The van der Waals surface area contributed by atoms with E-state index in [9.17, 15) is 30.8 Å². The molecule has 1 atom stereocenters. The number of amides is 1. The largest absolute Gasteiger partial charge is 0.444 e. The number of carbonyl (C=O) groups excluding carboxylic acids is 1. The van der Waals surface area contributed by atoms with Gasteiger partial charge in [0.05, 0.1) is 18.3 Å². The molecule has 4 aromatic rings. The number of sulfone groups is 1. The minimum Gasteiger partial charge on any atom is -0.444 e. The first-order chi connectivity index (χ1) is 18.4. The standard InChI is InChI=1S/C26H20F4N4O4S/c1-16(31-8-2-10-39(36,37)24-13-19-12-20(27)4-5-22(19)38-24)25(35)34-14-17-7-9-32-21(11-17)18-3-6-23(33-15-18)26(28,29)30/h3-7,9,11-13,15-16,31H,8,14H2,1H3,(H,34,35)/t16-/m0/s1. The zero-order valence-corrected chi connectivity index (χ0v) is 21.0. The normalized spacial score (nSPS) is 12.5. The highest BCUT2D eigenvalue weighted by molar-refractivity contribution is 7.96. The average molecular weight is 561 g/mol. The van der Waals surface area contributed by atoms with E-state index in [2.05, 4.69) is 31.8 Å². The minimum absolute atomic E-state index is 0.112. The van der Waals surface area contributed by atoms with Gasteiger partial charge in [0.2, 0.25) is 11.0 Å². The number of aromatic nitrogens is 2. The van der Waals surface area contributed by atoms with Gasteiger partial charge in [-0.1, -0.05) is 5.92 Å². The molecule has 0 bridgehead atoms. The summed E-state index contributed by atoms with van der Waals surface area (Å²) in [6.07, 6.45) is -2.00. The van der Waals surface area contributed by atoms with Gasteiger partial charge < -0.3 is 9.73 Å². The first-order valence-electron chi connectivity index (χ1n) is 11.4. The Kier molecular flexibility index (Phi) is 7.98. The van der Waals surface area contributed by atoms with E-state index in [1.807, 2.05) is 0 Å². The number of halogens is 4. The lowest BCUT2D eigenvalue weighted by atomic mass is 10.1. The van der Waals surface area contributed by atoms with Gasteiger partial charge in [0, 0.05) is 41.2 Å². The Morgan fingerprint density at radius 2 is 1.90 bits per heavy atom. The molecule has 0 aliphatic rings. The number of alkyl halides is 3. The summed E-state index contributed by atoms with van der Waals surface area (Å²) in [5.41, 5.74) is 0.619. The summed E-state index contributed by atoms with van der Waals surface area (Å²) < 4.78 is 81.5. The molecule has 0 fully saturated rings. The van der Waals surface area contributed by atoms with Crippen molar-refractivity contribution in [2.24, 2.45) is 0 Å². The highest BCUT2D eigenvalue weighted by Crippen LogP contribution is 2.28. The van der Waals surface area contributed by atoms with E-state index in [1.54, 1.807) is 19.1 Å². The maximum atomic E-state index is 13.3. The number of hydrogen-bond acceptors (Lipinski definition) is 7. The second kappa shape index (κ2) is 11.2.